The van der Waals surface area contributed by atoms with Gasteiger partial charge in [0.1, 0.15) is 0 Å². The molecule has 2 heterocycles. The van der Waals surface area contributed by atoms with Gasteiger partial charge in [-0.25, -0.2) is 0 Å². The number of hydrogen-bond donors (Lipinski definition) is 1. The van der Waals surface area contributed by atoms with E-state index in [1.807, 2.05) is 4.57 Å². The van der Waals surface area contributed by atoms with E-state index in [-0.39, 0.29) is 11.1 Å². The zero-order chi connectivity index (χ0) is 10.8. The first-order valence-electron chi connectivity index (χ1n) is 4.21. The van der Waals surface area contributed by atoms with Gasteiger partial charge in [-0.1, -0.05) is 0 Å². The first kappa shape index (κ1) is 10.4. The quantitative estimate of drug-likeness (QED) is 0.914. The lowest BCUT2D eigenvalue weighted by Crippen LogP contribution is -2.10. The van der Waals surface area contributed by atoms with Gasteiger partial charge in [0.15, 0.2) is 0 Å². The molecule has 2 aromatic heterocycles. The zero-order valence-corrected chi connectivity index (χ0v) is 10.1. The molecule has 2 rings (SSSR count). The minimum absolute atomic E-state index is 0.144. The van der Waals surface area contributed by atoms with Crippen LogP contribution in [0.15, 0.2) is 33.9 Å². The van der Waals surface area contributed by atoms with Gasteiger partial charge in [0.25, 0.3) is 0 Å². The minimum Gasteiger partial charge on any atom is -0.394 e. The summed E-state index contributed by atoms with van der Waals surface area (Å²) in [5.41, 5.74) is 5.65. The lowest BCUT2D eigenvalue weighted by atomic mass is 10.4. The molecule has 6 heteroatoms. The van der Waals surface area contributed by atoms with Crippen LogP contribution in [0.4, 0.5) is 5.69 Å². The maximum atomic E-state index is 11.1. The van der Waals surface area contributed by atoms with Gasteiger partial charge in [-0.05, 0) is 27.5 Å². The van der Waals surface area contributed by atoms with Crippen molar-refractivity contribution in [2.75, 3.05) is 5.73 Å². The predicted molar refractivity (Wildman–Crippen MR) is 64.0 cm³/mol. The molecule has 0 saturated heterocycles. The van der Waals surface area contributed by atoms with E-state index in [4.69, 9.17) is 5.73 Å². The van der Waals surface area contributed by atoms with E-state index in [9.17, 15) is 4.79 Å². The second-order valence-corrected chi connectivity index (χ2v) is 4.77. The Hall–Kier alpha value is -1.14. The van der Waals surface area contributed by atoms with Crippen LogP contribution in [0.3, 0.4) is 0 Å². The molecule has 0 bridgehead atoms. The number of rotatable bonds is 2. The molecule has 0 aliphatic heterocycles. The molecule has 2 N–H and O–H groups in total. The van der Waals surface area contributed by atoms with Crippen LogP contribution in [-0.2, 0) is 6.54 Å². The Balaban J connectivity index is 2.29. The third-order valence-corrected chi connectivity index (χ3v) is 3.65. The van der Waals surface area contributed by atoms with Gasteiger partial charge >= 0.3 is 0 Å². The smallest absolute Gasteiger partial charge is 0.204 e. The molecule has 0 aliphatic carbocycles. The van der Waals surface area contributed by atoms with Gasteiger partial charge in [-0.2, -0.15) is 4.37 Å². The van der Waals surface area contributed by atoms with Crippen molar-refractivity contribution in [2.24, 2.45) is 0 Å². The van der Waals surface area contributed by atoms with Gasteiger partial charge in [-0.15, -0.1) is 0 Å². The average Bonchev–Trinajstić information content (AvgIpc) is 2.59. The molecular weight excluding hydrogens is 278 g/mol. The maximum absolute atomic E-state index is 11.1. The molecule has 0 saturated carbocycles. The Kier molecular flexibility index (Phi) is 2.88. The fraction of sp³-hybridized carbons (Fsp3) is 0.111. The van der Waals surface area contributed by atoms with Crippen LogP contribution in [0.25, 0.3) is 0 Å². The van der Waals surface area contributed by atoms with Crippen LogP contribution < -0.4 is 11.2 Å². The van der Waals surface area contributed by atoms with Gasteiger partial charge in [-0.3, -0.25) is 4.79 Å². The van der Waals surface area contributed by atoms with Crippen molar-refractivity contribution < 1.29 is 0 Å². The molecule has 0 fully saturated rings. The summed E-state index contributed by atoms with van der Waals surface area (Å²) in [5, 5.41) is 0. The Morgan fingerprint density at radius 3 is 3.00 bits per heavy atom. The number of nitrogens with two attached hydrogens (primary N) is 1. The topological polar surface area (TPSA) is 60.9 Å². The highest BCUT2D eigenvalue weighted by atomic mass is 79.9. The highest BCUT2D eigenvalue weighted by Gasteiger charge is 2.03. The number of nitrogen functional groups attached to an aromatic ring is 1. The SMILES string of the molecule is Nc1cn(Cc2sncc2Br)ccc1=O. The fourth-order valence-electron chi connectivity index (χ4n) is 1.17. The van der Waals surface area contributed by atoms with Crippen molar-refractivity contribution in [1.29, 1.82) is 0 Å². The second-order valence-electron chi connectivity index (χ2n) is 3.03. The van der Waals surface area contributed by atoms with E-state index < -0.39 is 0 Å². The molecule has 15 heavy (non-hydrogen) atoms. The van der Waals surface area contributed by atoms with Crippen molar-refractivity contribution in [1.82, 2.24) is 8.94 Å². The number of hydrogen-bond acceptors (Lipinski definition) is 4. The molecule has 0 unspecified atom stereocenters. The highest BCUT2D eigenvalue weighted by molar-refractivity contribution is 9.10. The fourth-order valence-corrected chi connectivity index (χ4v) is 2.38. The predicted octanol–water partition coefficient (Wildman–Crippen LogP) is 1.70. The molecule has 0 atom stereocenters. The van der Waals surface area contributed by atoms with E-state index in [0.717, 1.165) is 9.35 Å². The first-order chi connectivity index (χ1) is 7.16. The molecule has 0 aliphatic rings. The summed E-state index contributed by atoms with van der Waals surface area (Å²) in [6.45, 7) is 0.662. The van der Waals surface area contributed by atoms with Crippen LogP contribution in [0, 0.1) is 0 Å². The zero-order valence-electron chi connectivity index (χ0n) is 7.68. The molecule has 0 radical (unpaired) electrons. The molecular formula is C9H8BrN3OS. The van der Waals surface area contributed by atoms with Gasteiger partial charge < -0.3 is 10.3 Å². The van der Waals surface area contributed by atoms with Gasteiger partial charge in [0.2, 0.25) is 5.43 Å². The Labute approximate surface area is 98.7 Å². The average molecular weight is 286 g/mol. The third kappa shape index (κ3) is 2.27. The number of pyridine rings is 1. The number of aromatic nitrogens is 2. The molecule has 0 amide bonds. The summed E-state index contributed by atoms with van der Waals surface area (Å²) in [5.74, 6) is 0. The van der Waals surface area contributed by atoms with E-state index in [2.05, 4.69) is 20.3 Å². The lowest BCUT2D eigenvalue weighted by Gasteiger charge is -2.04. The minimum atomic E-state index is -0.144. The third-order valence-electron chi connectivity index (χ3n) is 1.93. The molecule has 78 valence electrons. The van der Waals surface area contributed by atoms with Crippen LogP contribution in [0.1, 0.15) is 4.88 Å². The second kappa shape index (κ2) is 4.16. The lowest BCUT2D eigenvalue weighted by molar-refractivity contribution is 0.801. The Morgan fingerprint density at radius 1 is 1.60 bits per heavy atom. The van der Waals surface area contributed by atoms with Gasteiger partial charge in [0.05, 0.1) is 27.8 Å². The Morgan fingerprint density at radius 2 is 2.40 bits per heavy atom. The summed E-state index contributed by atoms with van der Waals surface area (Å²) < 4.78 is 6.88. The maximum Gasteiger partial charge on any atom is 0.204 e. The standard InChI is InChI=1S/C9H8BrN3OS/c10-6-3-12-15-9(6)5-13-2-1-8(14)7(11)4-13/h1-4H,5,11H2. The van der Waals surface area contributed by atoms with Crippen molar-refractivity contribution in [2.45, 2.75) is 6.54 Å². The molecule has 2 aromatic rings. The van der Waals surface area contributed by atoms with Crippen LogP contribution >= 0.6 is 27.5 Å². The largest absolute Gasteiger partial charge is 0.394 e. The summed E-state index contributed by atoms with van der Waals surface area (Å²) >= 11 is 4.82. The summed E-state index contributed by atoms with van der Waals surface area (Å²) in [4.78, 5) is 12.2. The number of nitrogens with zero attached hydrogens (tertiary/aromatic N) is 2. The van der Waals surface area contributed by atoms with Crippen LogP contribution in [0.2, 0.25) is 0 Å². The van der Waals surface area contributed by atoms with Crippen molar-refractivity contribution in [3.8, 4) is 0 Å². The number of anilines is 1. The number of halogens is 1. The van der Waals surface area contributed by atoms with E-state index >= 15 is 0 Å². The van der Waals surface area contributed by atoms with Crippen molar-refractivity contribution in [3.63, 3.8) is 0 Å². The first-order valence-corrected chi connectivity index (χ1v) is 5.78. The molecule has 4 nitrogen and oxygen atoms in total. The summed E-state index contributed by atoms with van der Waals surface area (Å²) in [6, 6.07) is 1.46. The Bertz CT molecular complexity index is 534. The monoisotopic (exact) mass is 285 g/mol. The molecule has 0 aromatic carbocycles. The van der Waals surface area contributed by atoms with Crippen molar-refractivity contribution in [3.05, 3.63) is 44.2 Å². The summed E-state index contributed by atoms with van der Waals surface area (Å²) in [6.07, 6.45) is 5.10. The van der Waals surface area contributed by atoms with Crippen LogP contribution in [-0.4, -0.2) is 8.94 Å². The van der Waals surface area contributed by atoms with Crippen molar-refractivity contribution >= 4 is 33.1 Å². The normalized spacial score (nSPS) is 10.5. The van der Waals surface area contributed by atoms with Gasteiger partial charge in [0, 0.05) is 18.5 Å². The van der Waals surface area contributed by atoms with E-state index in [1.54, 1.807) is 18.6 Å². The van der Waals surface area contributed by atoms with E-state index in [0.29, 0.717) is 6.54 Å². The highest BCUT2D eigenvalue weighted by Crippen LogP contribution is 2.20. The van der Waals surface area contributed by atoms with Crippen LogP contribution in [0.5, 0.6) is 0 Å². The summed E-state index contributed by atoms with van der Waals surface area (Å²) in [7, 11) is 0. The molecule has 0 spiro atoms. The van der Waals surface area contributed by atoms with E-state index in [1.165, 1.54) is 17.6 Å².